The molecule has 0 aromatic heterocycles. The van der Waals surface area contributed by atoms with Gasteiger partial charge in [0.2, 0.25) is 0 Å². The summed E-state index contributed by atoms with van der Waals surface area (Å²) >= 11 is 0. The first-order chi connectivity index (χ1) is 31.6. The van der Waals surface area contributed by atoms with E-state index in [1.807, 2.05) is 0 Å². The van der Waals surface area contributed by atoms with E-state index in [4.69, 9.17) is 14.2 Å². The van der Waals surface area contributed by atoms with Crippen molar-refractivity contribution in [3.8, 4) is 0 Å². The molecule has 0 N–H and O–H groups in total. The zero-order valence-corrected chi connectivity index (χ0v) is 42.3. The average molecular weight is 891 g/mol. The molecule has 0 heterocycles. The standard InChI is InChI=1S/C59H102O5/c1-4-7-10-13-16-19-22-25-27-29-30-32-33-35-37-40-43-46-49-52-58(60)63-56-57(55-62-54-51-48-45-42-39-24-21-18-15-12-9-6-3)64-59(61)53-50-47-44-41-38-36-34-31-28-26-23-20-17-14-11-8-5-2/h8,11,15,17-18,20,25-28,34,36,41,44,57H,4-7,9-10,12-14,16,19,21-24,29-33,35,37-40,42-43,45-56H2,1-3H3/b11-8-,18-15-,20-17-,27-25-,28-26-,36-34-,44-41-. The Morgan fingerprint density at radius 3 is 1.23 bits per heavy atom. The quantitative estimate of drug-likeness (QED) is 0.0346. The average Bonchev–Trinajstić information content (AvgIpc) is 3.30. The third-order valence-electron chi connectivity index (χ3n) is 11.4. The smallest absolute Gasteiger partial charge is 0.306 e. The second-order valence-corrected chi connectivity index (χ2v) is 17.7. The molecular formula is C59H102O5. The fourth-order valence-corrected chi connectivity index (χ4v) is 7.34. The van der Waals surface area contributed by atoms with Crippen molar-refractivity contribution in [2.24, 2.45) is 0 Å². The SMILES string of the molecule is CC/C=C\C/C=C\C/C=C\C/C=C\C/C=C\CCCC(=O)OC(COCCCCCCCC/C=C\CCCC)COC(=O)CCCCCCCCCCC/C=C\CCCCCCCC. The Labute approximate surface area is 397 Å². The van der Waals surface area contributed by atoms with Gasteiger partial charge < -0.3 is 14.2 Å². The molecule has 0 aliphatic rings. The molecule has 0 fully saturated rings. The Morgan fingerprint density at radius 1 is 0.359 bits per heavy atom. The molecule has 0 saturated carbocycles. The topological polar surface area (TPSA) is 61.8 Å². The van der Waals surface area contributed by atoms with Crippen molar-refractivity contribution < 1.29 is 23.8 Å². The van der Waals surface area contributed by atoms with Gasteiger partial charge in [-0.15, -0.1) is 0 Å². The van der Waals surface area contributed by atoms with Crippen LogP contribution in [0.1, 0.15) is 252 Å². The number of hydrogen-bond donors (Lipinski definition) is 0. The highest BCUT2D eigenvalue weighted by atomic mass is 16.6. The first-order valence-corrected chi connectivity index (χ1v) is 27.1. The normalized spacial score (nSPS) is 12.9. The predicted octanol–water partition coefficient (Wildman–Crippen LogP) is 18.5. The van der Waals surface area contributed by atoms with E-state index in [-0.39, 0.29) is 25.2 Å². The molecule has 368 valence electrons. The van der Waals surface area contributed by atoms with Crippen LogP contribution < -0.4 is 0 Å². The Bertz CT molecular complexity index is 1190. The second kappa shape index (κ2) is 54.4. The van der Waals surface area contributed by atoms with Crippen LogP contribution in [0.25, 0.3) is 0 Å². The van der Waals surface area contributed by atoms with E-state index in [9.17, 15) is 9.59 Å². The number of hydrogen-bond acceptors (Lipinski definition) is 5. The minimum absolute atomic E-state index is 0.0567. The number of unbranched alkanes of at least 4 members (excludes halogenated alkanes) is 24. The maximum absolute atomic E-state index is 12.8. The molecule has 0 aliphatic heterocycles. The molecule has 0 aliphatic carbocycles. The Morgan fingerprint density at radius 2 is 0.734 bits per heavy atom. The lowest BCUT2D eigenvalue weighted by atomic mass is 10.1. The van der Waals surface area contributed by atoms with E-state index in [1.54, 1.807) is 0 Å². The Balaban J connectivity index is 4.33. The van der Waals surface area contributed by atoms with Gasteiger partial charge in [-0.05, 0) is 103 Å². The Hall–Kier alpha value is -2.92. The third kappa shape index (κ3) is 51.7. The summed E-state index contributed by atoms with van der Waals surface area (Å²) in [5.74, 6) is -0.468. The van der Waals surface area contributed by atoms with E-state index in [2.05, 4.69) is 106 Å². The lowest BCUT2D eigenvalue weighted by Crippen LogP contribution is -2.30. The molecule has 0 aromatic rings. The summed E-state index contributed by atoms with van der Waals surface area (Å²) in [7, 11) is 0. The van der Waals surface area contributed by atoms with Crippen molar-refractivity contribution in [3.05, 3.63) is 85.1 Å². The van der Waals surface area contributed by atoms with Crippen molar-refractivity contribution in [1.82, 2.24) is 0 Å². The summed E-state index contributed by atoms with van der Waals surface area (Å²) in [6.45, 7) is 7.62. The van der Waals surface area contributed by atoms with Crippen molar-refractivity contribution in [1.29, 1.82) is 0 Å². The van der Waals surface area contributed by atoms with Gasteiger partial charge in [-0.3, -0.25) is 9.59 Å². The fraction of sp³-hybridized carbons (Fsp3) is 0.729. The van der Waals surface area contributed by atoms with Gasteiger partial charge in [-0.25, -0.2) is 0 Å². The van der Waals surface area contributed by atoms with E-state index >= 15 is 0 Å². The lowest BCUT2D eigenvalue weighted by Gasteiger charge is -2.18. The summed E-state index contributed by atoms with van der Waals surface area (Å²) in [5.41, 5.74) is 0. The highest BCUT2D eigenvalue weighted by molar-refractivity contribution is 5.70. The summed E-state index contributed by atoms with van der Waals surface area (Å²) in [6, 6.07) is 0. The largest absolute Gasteiger partial charge is 0.462 e. The molecule has 1 atom stereocenters. The van der Waals surface area contributed by atoms with Gasteiger partial charge in [0.05, 0.1) is 6.61 Å². The number of ether oxygens (including phenoxy) is 3. The van der Waals surface area contributed by atoms with Crippen LogP contribution in [0.5, 0.6) is 0 Å². The number of rotatable bonds is 49. The molecule has 0 bridgehead atoms. The zero-order chi connectivity index (χ0) is 46.3. The van der Waals surface area contributed by atoms with Crippen molar-refractivity contribution in [3.63, 3.8) is 0 Å². The van der Waals surface area contributed by atoms with E-state index in [0.717, 1.165) is 70.6 Å². The molecule has 0 saturated heterocycles. The van der Waals surface area contributed by atoms with Crippen molar-refractivity contribution >= 4 is 11.9 Å². The van der Waals surface area contributed by atoms with E-state index in [1.165, 1.54) is 148 Å². The number of carbonyl (C=O) groups excluding carboxylic acids is 2. The summed E-state index contributed by atoms with van der Waals surface area (Å²) in [6.07, 6.45) is 71.7. The van der Waals surface area contributed by atoms with Gasteiger partial charge in [0.1, 0.15) is 6.61 Å². The Kier molecular flexibility index (Phi) is 51.9. The maximum atomic E-state index is 12.8. The van der Waals surface area contributed by atoms with Crippen LogP contribution in [0, 0.1) is 0 Å². The van der Waals surface area contributed by atoms with Crippen LogP contribution in [0.2, 0.25) is 0 Å². The van der Waals surface area contributed by atoms with Gasteiger partial charge in [-0.1, -0.05) is 221 Å². The summed E-state index contributed by atoms with van der Waals surface area (Å²) < 4.78 is 17.4. The lowest BCUT2D eigenvalue weighted by molar-refractivity contribution is -0.162. The summed E-state index contributed by atoms with van der Waals surface area (Å²) in [4.78, 5) is 25.4. The fourth-order valence-electron chi connectivity index (χ4n) is 7.34. The van der Waals surface area contributed by atoms with Gasteiger partial charge >= 0.3 is 11.9 Å². The zero-order valence-electron chi connectivity index (χ0n) is 42.3. The van der Waals surface area contributed by atoms with E-state index in [0.29, 0.717) is 19.4 Å². The van der Waals surface area contributed by atoms with Gasteiger partial charge in [0.25, 0.3) is 0 Å². The predicted molar refractivity (Wildman–Crippen MR) is 279 cm³/mol. The maximum Gasteiger partial charge on any atom is 0.306 e. The second-order valence-electron chi connectivity index (χ2n) is 17.7. The minimum Gasteiger partial charge on any atom is -0.462 e. The third-order valence-corrected chi connectivity index (χ3v) is 11.4. The van der Waals surface area contributed by atoms with Crippen LogP contribution in [0.15, 0.2) is 85.1 Å². The highest BCUT2D eigenvalue weighted by Crippen LogP contribution is 2.14. The summed E-state index contributed by atoms with van der Waals surface area (Å²) in [5, 5.41) is 0. The molecule has 0 amide bonds. The number of carbonyl (C=O) groups is 2. The highest BCUT2D eigenvalue weighted by Gasteiger charge is 2.17. The molecule has 0 spiro atoms. The number of allylic oxidation sites excluding steroid dienone is 14. The first-order valence-electron chi connectivity index (χ1n) is 27.1. The van der Waals surface area contributed by atoms with Crippen molar-refractivity contribution in [2.75, 3.05) is 19.8 Å². The van der Waals surface area contributed by atoms with Crippen LogP contribution in [0.4, 0.5) is 0 Å². The molecule has 64 heavy (non-hydrogen) atoms. The van der Waals surface area contributed by atoms with Gasteiger partial charge in [0.15, 0.2) is 6.10 Å². The molecular weight excluding hydrogens is 789 g/mol. The van der Waals surface area contributed by atoms with Crippen molar-refractivity contribution in [2.45, 2.75) is 258 Å². The number of esters is 2. The van der Waals surface area contributed by atoms with Crippen LogP contribution >= 0.6 is 0 Å². The van der Waals surface area contributed by atoms with Crippen LogP contribution in [-0.4, -0.2) is 37.9 Å². The monoisotopic (exact) mass is 891 g/mol. The molecule has 0 aromatic carbocycles. The minimum atomic E-state index is -0.573. The molecule has 0 rings (SSSR count). The van der Waals surface area contributed by atoms with Crippen LogP contribution in [-0.2, 0) is 23.8 Å². The van der Waals surface area contributed by atoms with E-state index < -0.39 is 6.10 Å². The molecule has 0 radical (unpaired) electrons. The van der Waals surface area contributed by atoms with Gasteiger partial charge in [0, 0.05) is 19.4 Å². The van der Waals surface area contributed by atoms with Gasteiger partial charge in [-0.2, -0.15) is 0 Å². The molecule has 1 unspecified atom stereocenters. The first kappa shape index (κ1) is 61.1. The molecule has 5 nitrogen and oxygen atoms in total. The molecule has 5 heteroatoms. The van der Waals surface area contributed by atoms with Crippen LogP contribution in [0.3, 0.4) is 0 Å².